The number of halogens is 18. The van der Waals surface area contributed by atoms with Crippen LogP contribution in [0.3, 0.4) is 0 Å². The Bertz CT molecular complexity index is 5620. The standard InChI is InChI=1S/C27H34F3N3O3.2C22H26F3N3O.C16H18F3N3.C10H17NO4.2C2HF3O2.CH4/c1-17-12-18(13-23(34)19-9-11-32(16-19)25(35)36-26(2,3)4)15-33(14-17)22-8-7-21(27(28,29)30)24-20(22)6-5-10-31-24;2*1-14-9-15(10-20(29)16-6-8-26-11-16)13-28(12-14)19-5-4-18(22(23,24)25)21-17(19)3-2-7-27-21;1-10-7-11(20)9-22(8-10)14-5-4-13(16(17,18)19)15-12(14)3-2-6-21-15;1-10(2,3)15-9(14)11-5-4-7(6-11)8(12)13;2*3-2(4,5)1(6)7;/h5-8,10,17-19H,9,11-16H2,1-4H3;2*2-5,7,14-16,26H,6,8-13H2,1H3;2-6,10-11H,7-9,20H2,1H3;7H,4-6H2,1-3H3,(H,12,13);2*(H,6,7);1H4/t17-,18-,19+;2*14-,15-,16+;10-,11+;7-;;;/m00001.../s1. The number of alkyl halides is 18. The average Bonchev–Trinajstić information content (AvgIpc) is 0.929. The van der Waals surface area contributed by atoms with Crippen molar-refractivity contribution in [1.82, 2.24) is 40.4 Å². The van der Waals surface area contributed by atoms with E-state index in [1.54, 1.807) is 92.4 Å². The fraction of sp³-hybridized carbons (Fsp3) is 0.569. The number of carboxylic acids is 3. The smallest absolute Gasteiger partial charge is 0.490 e. The Morgan fingerprint density at radius 2 is 0.651 bits per heavy atom. The molecule has 8 aliphatic rings. The minimum Gasteiger partial charge on any atom is -0.542 e. The maximum Gasteiger partial charge on any atom is 0.490 e. The number of aliphatic carboxylic acids is 3. The summed E-state index contributed by atoms with van der Waals surface area (Å²) >= 11 is 0. The summed E-state index contributed by atoms with van der Waals surface area (Å²) in [5, 5.41) is 33.2. The Kier molecular flexibility index (Phi) is 39.9. The number of quaternary nitrogens is 1. The van der Waals surface area contributed by atoms with E-state index in [-0.39, 0.29) is 89.3 Å². The summed E-state index contributed by atoms with van der Waals surface area (Å²) < 4.78 is 234. The zero-order valence-electron chi connectivity index (χ0n) is 81.9. The number of carbonyl (C=O) groups is 8. The first-order chi connectivity index (χ1) is 67.5. The third-order valence-corrected chi connectivity index (χ3v) is 26.0. The molecule has 16 rings (SSSR count). The average molecular weight is 2090 g/mol. The summed E-state index contributed by atoms with van der Waals surface area (Å²) in [6.45, 7) is 30.1. The van der Waals surface area contributed by atoms with Gasteiger partial charge in [-0.15, -0.1) is 0 Å². The minimum absolute atomic E-state index is 0. The molecule has 2 amide bonds. The quantitative estimate of drug-likeness (QED) is 0.0631. The van der Waals surface area contributed by atoms with Gasteiger partial charge in [-0.1, -0.05) is 35.1 Å². The van der Waals surface area contributed by atoms with Crippen LogP contribution in [0.2, 0.25) is 0 Å². The summed E-state index contributed by atoms with van der Waals surface area (Å²) in [6, 6.07) is 24.5. The van der Waals surface area contributed by atoms with Crippen molar-refractivity contribution in [3.8, 4) is 0 Å². The number of nitrogens with one attached hydrogen (secondary N) is 2. The summed E-state index contributed by atoms with van der Waals surface area (Å²) in [7, 11) is 0. The molecule has 4 aromatic carbocycles. The fourth-order valence-electron chi connectivity index (χ4n) is 20.0. The number of Topliss-reactive ketones (excluding diaryl/α,β-unsaturated/α-hetero) is 3. The molecule has 8 fully saturated rings. The maximum atomic E-state index is 13.5. The van der Waals surface area contributed by atoms with Crippen LogP contribution < -0.4 is 41.1 Å². The van der Waals surface area contributed by atoms with E-state index < -0.39 is 107 Å². The summed E-state index contributed by atoms with van der Waals surface area (Å²) in [4.78, 5) is 118. The van der Waals surface area contributed by atoms with Gasteiger partial charge in [-0.05, 0) is 238 Å². The molecule has 26 nitrogen and oxygen atoms in total. The first-order valence-electron chi connectivity index (χ1n) is 47.9. The first kappa shape index (κ1) is 118. The molecule has 8 aromatic rings. The highest BCUT2D eigenvalue weighted by Crippen LogP contribution is 2.46. The number of ketones is 3. The Morgan fingerprint density at radius 3 is 0.890 bits per heavy atom. The molecule has 12 atom stereocenters. The van der Waals surface area contributed by atoms with Crippen LogP contribution in [0, 0.1) is 65.1 Å². The van der Waals surface area contributed by atoms with E-state index >= 15 is 0 Å². The highest BCUT2D eigenvalue weighted by Gasteiger charge is 2.45. The van der Waals surface area contributed by atoms with E-state index in [1.807, 2.05) is 20.8 Å². The second kappa shape index (κ2) is 49.4. The number of hydrogen-bond acceptors (Lipinski definition) is 21. The molecule has 0 unspecified atom stereocenters. The lowest BCUT2D eigenvalue weighted by atomic mass is 9.84. The number of piperidine rings is 4. The number of carbonyl (C=O) groups excluding carboxylic acids is 6. The number of amides is 2. The van der Waals surface area contributed by atoms with Crippen LogP contribution in [0.15, 0.2) is 122 Å². The van der Waals surface area contributed by atoms with Crippen LogP contribution in [0.5, 0.6) is 0 Å². The topological polar surface area (TPSA) is 341 Å². The third-order valence-electron chi connectivity index (χ3n) is 26.0. The SMILES string of the molecule is C.CC(C)(C)OC(=O)N1CC[C@@H](C(=O)O)C1.C[C@H]1C[C@@H](CC(=O)[C@@H]2CCN(C(=O)OC(C)(C)C)C2)CN(c2ccc(C(F)(F)F)c3ncccc23)C1.C[C@H]1C[C@@H](CC(=O)[C@@H]2CCNC2)CN(c2ccc(C(F)(F)F)c3ncccc23)C1.C[C@H]1C[C@@H](CC(=O)[C@@H]2CCNC2)CN(c2ccc(C(F)(F)F)c3ncccc23)C1.C[C@H]1C[C@@H]([NH3+])CN(c2ccc(C(F)(F)F)c3ncccc23)C1.O=C(O)C(F)(F)F.O=C([O-])C(F)(F)F. The van der Waals surface area contributed by atoms with Crippen molar-refractivity contribution in [2.45, 2.75) is 202 Å². The lowest BCUT2D eigenvalue weighted by molar-refractivity contribution is -0.421. The van der Waals surface area contributed by atoms with E-state index in [4.69, 9.17) is 34.4 Å². The highest BCUT2D eigenvalue weighted by atomic mass is 19.4. The van der Waals surface area contributed by atoms with Crippen molar-refractivity contribution in [3.63, 3.8) is 0 Å². The highest BCUT2D eigenvalue weighted by molar-refractivity contribution is 5.98. The van der Waals surface area contributed by atoms with Gasteiger partial charge in [-0.3, -0.25) is 39.1 Å². The lowest BCUT2D eigenvalue weighted by Gasteiger charge is -2.38. The van der Waals surface area contributed by atoms with Gasteiger partial charge in [0.05, 0.1) is 56.8 Å². The maximum absolute atomic E-state index is 13.5. The third kappa shape index (κ3) is 33.2. The molecule has 8 saturated heterocycles. The van der Waals surface area contributed by atoms with Gasteiger partial charge in [0.15, 0.2) is 0 Å². The Balaban J connectivity index is 0.000000200. The minimum atomic E-state index is -5.19. The molecule has 0 spiro atoms. The number of ether oxygens (including phenoxy) is 2. The molecule has 0 saturated carbocycles. The molecule has 12 heterocycles. The second-order valence-corrected chi connectivity index (χ2v) is 40.7. The predicted octanol–water partition coefficient (Wildman–Crippen LogP) is 19.1. The Morgan fingerprint density at radius 1 is 0.384 bits per heavy atom. The van der Waals surface area contributed by atoms with E-state index in [0.29, 0.717) is 134 Å². The van der Waals surface area contributed by atoms with Crippen molar-refractivity contribution < 1.29 is 148 Å². The van der Waals surface area contributed by atoms with Crippen LogP contribution in [-0.2, 0) is 62.9 Å². The molecule has 7 N–H and O–H groups in total. The molecule has 804 valence electrons. The van der Waals surface area contributed by atoms with E-state index in [2.05, 4.69) is 83.6 Å². The summed E-state index contributed by atoms with van der Waals surface area (Å²) in [6.07, 6.45) is -15.0. The Labute approximate surface area is 833 Å². The van der Waals surface area contributed by atoms with Gasteiger partial charge in [0, 0.05) is 198 Å². The number of nitrogens with zero attached hydrogens (tertiary/aromatic N) is 10. The van der Waals surface area contributed by atoms with Gasteiger partial charge in [0.2, 0.25) is 0 Å². The van der Waals surface area contributed by atoms with E-state index in [9.17, 15) is 108 Å². The molecule has 8 aliphatic heterocycles. The van der Waals surface area contributed by atoms with E-state index in [1.165, 1.54) is 35.8 Å². The predicted molar refractivity (Wildman–Crippen MR) is 510 cm³/mol. The van der Waals surface area contributed by atoms with Crippen molar-refractivity contribution >= 4 is 114 Å². The fourth-order valence-corrected chi connectivity index (χ4v) is 20.0. The van der Waals surface area contributed by atoms with Crippen LogP contribution >= 0.6 is 0 Å². The van der Waals surface area contributed by atoms with Crippen LogP contribution in [-0.4, -0.2) is 222 Å². The van der Waals surface area contributed by atoms with Crippen LogP contribution in [0.1, 0.15) is 170 Å². The second-order valence-electron chi connectivity index (χ2n) is 40.7. The van der Waals surface area contributed by atoms with Crippen molar-refractivity contribution in [3.05, 3.63) is 144 Å². The number of fused-ring (bicyclic) bond motifs is 4. The van der Waals surface area contributed by atoms with Gasteiger partial charge >= 0.3 is 61.2 Å². The summed E-state index contributed by atoms with van der Waals surface area (Å²) in [5.74, 6) is -4.24. The van der Waals surface area contributed by atoms with Crippen LogP contribution in [0.4, 0.5) is 111 Å². The number of aromatic nitrogens is 4. The van der Waals surface area contributed by atoms with Gasteiger partial charge in [0.1, 0.15) is 40.6 Å². The zero-order valence-corrected chi connectivity index (χ0v) is 81.9. The zero-order chi connectivity index (χ0) is 107. The summed E-state index contributed by atoms with van der Waals surface area (Å²) in [5.41, 5.74) is 3.19. The molecular weight excluding hydrogens is 1960 g/mol. The first-order valence-corrected chi connectivity index (χ1v) is 47.9. The van der Waals surface area contributed by atoms with Crippen molar-refractivity contribution in [2.75, 3.05) is 124 Å². The number of anilines is 4. The number of carboxylic acid groups (broad SMARTS) is 3. The van der Waals surface area contributed by atoms with Gasteiger partial charge in [-0.2, -0.15) is 79.0 Å². The molecule has 4 aromatic heterocycles. The number of rotatable bonds is 14. The molecule has 0 bridgehead atoms. The number of benzene rings is 4. The van der Waals surface area contributed by atoms with Gasteiger partial charge in [-0.25, -0.2) is 14.4 Å². The molecule has 44 heteroatoms. The van der Waals surface area contributed by atoms with Crippen LogP contribution in [0.25, 0.3) is 43.6 Å². The normalized spacial score (nSPS) is 22.6. The Hall–Kier alpha value is -11.7. The number of hydrogen-bond donors (Lipinski definition) is 5. The van der Waals surface area contributed by atoms with Crippen molar-refractivity contribution in [2.24, 2.45) is 65.1 Å². The largest absolute Gasteiger partial charge is 0.542 e. The molecule has 146 heavy (non-hydrogen) atoms. The lowest BCUT2D eigenvalue weighted by Crippen LogP contribution is -2.68. The monoisotopic (exact) mass is 2080 g/mol. The van der Waals surface area contributed by atoms with E-state index in [0.717, 1.165) is 132 Å². The van der Waals surface area contributed by atoms with Gasteiger partial charge < -0.3 is 75.4 Å². The molecule has 0 radical (unpaired) electrons. The molecule has 0 aliphatic carbocycles. The van der Waals surface area contributed by atoms with Crippen molar-refractivity contribution in [1.29, 1.82) is 0 Å². The molecular formula is C102H127F18N13O13. The number of pyridine rings is 4. The van der Waals surface area contributed by atoms with Gasteiger partial charge in [0.25, 0.3) is 0 Å². The number of likely N-dealkylation sites (tertiary alicyclic amines) is 2.